The van der Waals surface area contributed by atoms with Gasteiger partial charge in [-0.1, -0.05) is 6.07 Å². The molecule has 0 bridgehead atoms. The van der Waals surface area contributed by atoms with Crippen LogP contribution in [0, 0.1) is 0 Å². The molecule has 0 saturated heterocycles. The van der Waals surface area contributed by atoms with E-state index in [1.165, 1.54) is 12.1 Å². The van der Waals surface area contributed by atoms with Crippen molar-refractivity contribution >= 4 is 11.9 Å². The lowest BCUT2D eigenvalue weighted by Gasteiger charge is -2.08. The van der Waals surface area contributed by atoms with Crippen LogP contribution in [0.2, 0.25) is 0 Å². The molecule has 0 saturated carbocycles. The van der Waals surface area contributed by atoms with Crippen LogP contribution < -0.4 is 11.1 Å². The lowest BCUT2D eigenvalue weighted by atomic mass is 10.1. The molecule has 0 aliphatic rings. The van der Waals surface area contributed by atoms with Gasteiger partial charge in [-0.05, 0) is 30.5 Å². The number of hydrogen-bond donors (Lipinski definition) is 5. The zero-order valence-electron chi connectivity index (χ0n) is 10.9. The van der Waals surface area contributed by atoms with E-state index in [4.69, 9.17) is 15.9 Å². The molecule has 1 aromatic rings. The summed E-state index contributed by atoms with van der Waals surface area (Å²) in [5.74, 6) is -1.80. The van der Waals surface area contributed by atoms with Gasteiger partial charge in [0.25, 0.3) is 0 Å². The summed E-state index contributed by atoms with van der Waals surface area (Å²) in [6.45, 7) is 0.353. The molecule has 0 aliphatic heterocycles. The molecule has 1 aromatic carbocycles. The number of nitrogens with one attached hydrogen (secondary N) is 1. The predicted octanol–water partition coefficient (Wildman–Crippen LogP) is -0.0514. The molecule has 7 heteroatoms. The summed E-state index contributed by atoms with van der Waals surface area (Å²) in [6, 6.07) is 3.40. The van der Waals surface area contributed by atoms with Crippen molar-refractivity contribution in [2.24, 2.45) is 5.73 Å². The van der Waals surface area contributed by atoms with E-state index in [0.29, 0.717) is 13.0 Å². The van der Waals surface area contributed by atoms with E-state index in [1.54, 1.807) is 6.07 Å². The van der Waals surface area contributed by atoms with Gasteiger partial charge >= 0.3 is 5.97 Å². The third-order valence-corrected chi connectivity index (χ3v) is 2.78. The highest BCUT2D eigenvalue weighted by Crippen LogP contribution is 2.24. The number of aromatic hydroxyl groups is 2. The van der Waals surface area contributed by atoms with Crippen molar-refractivity contribution < 1.29 is 24.9 Å². The summed E-state index contributed by atoms with van der Waals surface area (Å²) in [5.41, 5.74) is 6.05. The molecule has 1 amide bonds. The maximum Gasteiger partial charge on any atom is 0.320 e. The first-order valence-electron chi connectivity index (χ1n) is 6.16. The lowest BCUT2D eigenvalue weighted by Crippen LogP contribution is -2.33. The molecular formula is C13H18N2O5. The van der Waals surface area contributed by atoms with Crippen LogP contribution in [-0.4, -0.2) is 39.8 Å². The Hall–Kier alpha value is -2.28. The van der Waals surface area contributed by atoms with Crippen molar-refractivity contribution in [3.8, 4) is 11.5 Å². The van der Waals surface area contributed by atoms with Gasteiger partial charge in [-0.25, -0.2) is 0 Å². The maximum atomic E-state index is 11.4. The summed E-state index contributed by atoms with van der Waals surface area (Å²) >= 11 is 0. The summed E-state index contributed by atoms with van der Waals surface area (Å²) in [4.78, 5) is 21.9. The van der Waals surface area contributed by atoms with Gasteiger partial charge in [0.1, 0.15) is 6.04 Å². The molecule has 0 spiro atoms. The average Bonchev–Trinajstić information content (AvgIpc) is 2.40. The van der Waals surface area contributed by atoms with Crippen molar-refractivity contribution in [2.45, 2.75) is 25.3 Å². The number of benzene rings is 1. The largest absolute Gasteiger partial charge is 0.504 e. The van der Waals surface area contributed by atoms with Crippen LogP contribution in [0.3, 0.4) is 0 Å². The van der Waals surface area contributed by atoms with Gasteiger partial charge in [-0.3, -0.25) is 9.59 Å². The number of carbonyl (C=O) groups is 2. The fraction of sp³-hybridized carbons (Fsp3) is 0.385. The van der Waals surface area contributed by atoms with E-state index in [9.17, 15) is 14.7 Å². The first kappa shape index (κ1) is 15.8. The molecular weight excluding hydrogens is 264 g/mol. The van der Waals surface area contributed by atoms with Crippen LogP contribution in [-0.2, 0) is 16.0 Å². The summed E-state index contributed by atoms with van der Waals surface area (Å²) < 4.78 is 0. The third-order valence-electron chi connectivity index (χ3n) is 2.78. The normalized spacial score (nSPS) is 11.8. The second-order valence-corrected chi connectivity index (χ2v) is 4.41. The predicted molar refractivity (Wildman–Crippen MR) is 71.3 cm³/mol. The topological polar surface area (TPSA) is 133 Å². The smallest absolute Gasteiger partial charge is 0.320 e. The Morgan fingerprint density at radius 2 is 1.95 bits per heavy atom. The van der Waals surface area contributed by atoms with Crippen LogP contribution in [0.25, 0.3) is 0 Å². The Bertz CT molecular complexity index is 490. The first-order chi connectivity index (χ1) is 9.40. The Morgan fingerprint density at radius 3 is 2.55 bits per heavy atom. The minimum Gasteiger partial charge on any atom is -0.504 e. The number of nitrogens with two attached hydrogens (primary N) is 1. The van der Waals surface area contributed by atoms with Crippen molar-refractivity contribution in [2.75, 3.05) is 6.54 Å². The second-order valence-electron chi connectivity index (χ2n) is 4.41. The van der Waals surface area contributed by atoms with Crippen LogP contribution in [0.5, 0.6) is 11.5 Å². The number of carboxylic acid groups (broad SMARTS) is 1. The molecule has 0 radical (unpaired) electrons. The van der Waals surface area contributed by atoms with E-state index < -0.39 is 12.0 Å². The SMILES string of the molecule is N[C@H](CCC(=O)NCCc1ccc(O)c(O)c1)C(=O)O. The average molecular weight is 282 g/mol. The van der Waals surface area contributed by atoms with Crippen LogP contribution >= 0.6 is 0 Å². The van der Waals surface area contributed by atoms with Gasteiger partial charge in [0, 0.05) is 13.0 Å². The van der Waals surface area contributed by atoms with Crippen LogP contribution in [0.1, 0.15) is 18.4 Å². The molecule has 0 unspecified atom stereocenters. The monoisotopic (exact) mass is 282 g/mol. The summed E-state index contributed by atoms with van der Waals surface area (Å²) in [7, 11) is 0. The number of carbonyl (C=O) groups excluding carboxylic acids is 1. The number of rotatable bonds is 7. The highest BCUT2D eigenvalue weighted by molar-refractivity contribution is 5.78. The standard InChI is InChI=1S/C13H18N2O5/c14-9(13(19)20)2-4-12(18)15-6-5-8-1-3-10(16)11(17)7-8/h1,3,7,9,16-17H,2,4-6,14H2,(H,15,18)(H,19,20)/t9-/m1/s1. The fourth-order valence-corrected chi connectivity index (χ4v) is 1.57. The molecule has 20 heavy (non-hydrogen) atoms. The zero-order valence-corrected chi connectivity index (χ0v) is 10.9. The first-order valence-corrected chi connectivity index (χ1v) is 6.16. The van der Waals surface area contributed by atoms with Gasteiger partial charge in [-0.2, -0.15) is 0 Å². The van der Waals surface area contributed by atoms with E-state index >= 15 is 0 Å². The van der Waals surface area contributed by atoms with Crippen molar-refractivity contribution in [3.63, 3.8) is 0 Å². The third kappa shape index (κ3) is 5.15. The van der Waals surface area contributed by atoms with Crippen LogP contribution in [0.4, 0.5) is 0 Å². The molecule has 0 heterocycles. The quantitative estimate of drug-likeness (QED) is 0.445. The highest BCUT2D eigenvalue weighted by atomic mass is 16.4. The minimum atomic E-state index is -1.13. The Balaban J connectivity index is 2.28. The van der Waals surface area contributed by atoms with Gasteiger partial charge < -0.3 is 26.4 Å². The molecule has 110 valence electrons. The highest BCUT2D eigenvalue weighted by Gasteiger charge is 2.13. The number of hydrogen-bond acceptors (Lipinski definition) is 5. The summed E-state index contributed by atoms with van der Waals surface area (Å²) in [6.07, 6.45) is 0.625. The Morgan fingerprint density at radius 1 is 1.25 bits per heavy atom. The van der Waals surface area contributed by atoms with Crippen molar-refractivity contribution in [3.05, 3.63) is 23.8 Å². The van der Waals surface area contributed by atoms with Gasteiger partial charge in [0.15, 0.2) is 11.5 Å². The lowest BCUT2D eigenvalue weighted by molar-refractivity contribution is -0.138. The number of phenolic OH excluding ortho intramolecular Hbond substituents is 2. The molecule has 1 atom stereocenters. The molecule has 6 N–H and O–H groups in total. The van der Waals surface area contributed by atoms with E-state index in [0.717, 1.165) is 5.56 Å². The van der Waals surface area contributed by atoms with E-state index in [2.05, 4.69) is 5.32 Å². The number of carboxylic acids is 1. The summed E-state index contributed by atoms with van der Waals surface area (Å²) in [5, 5.41) is 29.6. The van der Waals surface area contributed by atoms with E-state index in [-0.39, 0.29) is 30.2 Å². The van der Waals surface area contributed by atoms with Crippen LogP contribution in [0.15, 0.2) is 18.2 Å². The number of aliphatic carboxylic acids is 1. The molecule has 7 nitrogen and oxygen atoms in total. The van der Waals surface area contributed by atoms with Gasteiger partial charge in [0.05, 0.1) is 0 Å². The zero-order chi connectivity index (χ0) is 15.1. The van der Waals surface area contributed by atoms with Gasteiger partial charge in [-0.15, -0.1) is 0 Å². The molecule has 0 aromatic heterocycles. The second kappa shape index (κ2) is 7.34. The Labute approximate surface area is 116 Å². The van der Waals surface area contributed by atoms with E-state index in [1.807, 2.05) is 0 Å². The fourth-order valence-electron chi connectivity index (χ4n) is 1.57. The maximum absolute atomic E-state index is 11.4. The van der Waals surface area contributed by atoms with Gasteiger partial charge in [0.2, 0.25) is 5.91 Å². The minimum absolute atomic E-state index is 0.0499. The number of amides is 1. The number of phenols is 2. The Kier molecular flexibility index (Phi) is 5.79. The molecule has 0 aliphatic carbocycles. The molecule has 0 fully saturated rings. The van der Waals surface area contributed by atoms with Crippen molar-refractivity contribution in [1.29, 1.82) is 0 Å². The molecule has 1 rings (SSSR count). The van der Waals surface area contributed by atoms with Crippen molar-refractivity contribution in [1.82, 2.24) is 5.32 Å².